The number of nitrogens with one attached hydrogen (secondary N) is 1. The van der Waals surface area contributed by atoms with Crippen LogP contribution >= 0.6 is 0 Å². The fourth-order valence-corrected chi connectivity index (χ4v) is 3.98. The second-order valence-corrected chi connectivity index (χ2v) is 9.19. The number of aromatic nitrogens is 1. The van der Waals surface area contributed by atoms with Crippen LogP contribution in [-0.2, 0) is 27.1 Å². The van der Waals surface area contributed by atoms with E-state index >= 15 is 4.39 Å². The molecule has 194 valence electrons. The minimum atomic E-state index is -5.13. The summed E-state index contributed by atoms with van der Waals surface area (Å²) in [4.78, 5) is 21.9. The van der Waals surface area contributed by atoms with Gasteiger partial charge in [0, 0.05) is 17.3 Å². The van der Waals surface area contributed by atoms with E-state index in [1.54, 1.807) is 0 Å². The number of benzene rings is 1. The van der Waals surface area contributed by atoms with Gasteiger partial charge in [-0.15, -0.1) is 0 Å². The fourth-order valence-electron chi connectivity index (χ4n) is 3.98. The minimum Gasteiger partial charge on any atom is -0.381 e. The summed E-state index contributed by atoms with van der Waals surface area (Å²) in [6.45, 7) is 1.81. The quantitative estimate of drug-likeness (QED) is 0.593. The number of nitrogens with zero attached hydrogens (tertiary/aromatic N) is 2. The number of aliphatic hydroxyl groups is 1. The second kappa shape index (κ2) is 8.17. The van der Waals surface area contributed by atoms with Gasteiger partial charge >= 0.3 is 12.4 Å². The first-order valence-corrected chi connectivity index (χ1v) is 10.6. The summed E-state index contributed by atoms with van der Waals surface area (Å²) in [7, 11) is 0. The SMILES string of the molecule is CC(C)(O)C(=O)N1CC(F)(c2ccc(C3=CC(c4cccc(C(F)(F)F)c4)(C(F)(F)F)ON3)cn2)C1. The van der Waals surface area contributed by atoms with Gasteiger partial charge in [0.2, 0.25) is 5.60 Å². The van der Waals surface area contributed by atoms with Crippen LogP contribution in [0.2, 0.25) is 0 Å². The molecule has 1 unspecified atom stereocenters. The lowest BCUT2D eigenvalue weighted by Gasteiger charge is -2.45. The van der Waals surface area contributed by atoms with E-state index in [0.29, 0.717) is 18.2 Å². The molecule has 1 aromatic carbocycles. The smallest absolute Gasteiger partial charge is 0.381 e. The van der Waals surface area contributed by atoms with Crippen LogP contribution in [0.15, 0.2) is 48.7 Å². The van der Waals surface area contributed by atoms with Crippen LogP contribution in [-0.4, -0.2) is 45.8 Å². The summed E-state index contributed by atoms with van der Waals surface area (Å²) < 4.78 is 96.6. The highest BCUT2D eigenvalue weighted by atomic mass is 19.4. The molecule has 6 nitrogen and oxygen atoms in total. The lowest BCUT2D eigenvalue weighted by molar-refractivity contribution is -0.269. The maximum atomic E-state index is 15.1. The number of hydrogen-bond acceptors (Lipinski definition) is 5. The first kappa shape index (κ1) is 25.9. The van der Waals surface area contributed by atoms with Gasteiger partial charge in [-0.1, -0.05) is 12.1 Å². The Kier molecular flexibility index (Phi) is 5.87. The van der Waals surface area contributed by atoms with Gasteiger partial charge < -0.3 is 10.0 Å². The van der Waals surface area contributed by atoms with E-state index in [1.165, 1.54) is 26.0 Å². The lowest BCUT2D eigenvalue weighted by atomic mass is 9.89. The molecule has 0 spiro atoms. The minimum absolute atomic E-state index is 0.0594. The zero-order valence-corrected chi connectivity index (χ0v) is 18.8. The topological polar surface area (TPSA) is 74.7 Å². The third-order valence-corrected chi connectivity index (χ3v) is 5.94. The molecule has 2 aliphatic rings. The van der Waals surface area contributed by atoms with E-state index in [9.17, 15) is 36.2 Å². The molecular weight excluding hydrogens is 499 g/mol. The predicted octanol–water partition coefficient (Wildman–Crippen LogP) is 4.21. The standard InChI is InChI=1S/C23H20F7N3O3/c1-19(2,35)18(34)33-11-20(24,12-33)17-7-6-13(10-31-17)16-9-21(36-32-16,23(28,29)30)14-4-3-5-15(8-14)22(25,26)27/h3-10,32,35H,11-12H2,1-2H3. The van der Waals surface area contributed by atoms with Gasteiger partial charge in [-0.25, -0.2) is 4.39 Å². The normalized spacial score (nSPS) is 22.1. The maximum Gasteiger partial charge on any atom is 0.428 e. The highest BCUT2D eigenvalue weighted by molar-refractivity contribution is 5.85. The van der Waals surface area contributed by atoms with Crippen molar-refractivity contribution in [2.24, 2.45) is 0 Å². The number of rotatable bonds is 4. The summed E-state index contributed by atoms with van der Waals surface area (Å²) in [5.74, 6) is -0.664. The van der Waals surface area contributed by atoms with Gasteiger partial charge in [-0.05, 0) is 44.2 Å². The third kappa shape index (κ3) is 4.41. The number of pyridine rings is 1. The number of carbonyl (C=O) groups excluding carboxylic acids is 1. The lowest BCUT2D eigenvalue weighted by Crippen LogP contribution is -2.62. The molecule has 2 aromatic rings. The molecule has 0 saturated carbocycles. The molecular formula is C23H20F7N3O3. The second-order valence-electron chi connectivity index (χ2n) is 9.19. The largest absolute Gasteiger partial charge is 0.428 e. The first-order chi connectivity index (χ1) is 16.5. The number of carbonyl (C=O) groups is 1. The number of hydroxylamine groups is 1. The molecule has 2 aliphatic heterocycles. The number of halogens is 7. The Morgan fingerprint density at radius 2 is 1.78 bits per heavy atom. The third-order valence-electron chi connectivity index (χ3n) is 5.94. The number of likely N-dealkylation sites (tertiary alicyclic amines) is 1. The van der Waals surface area contributed by atoms with Gasteiger partial charge in [0.15, 0.2) is 5.67 Å². The predicted molar refractivity (Wildman–Crippen MR) is 111 cm³/mol. The molecule has 4 rings (SSSR count). The van der Waals surface area contributed by atoms with Gasteiger partial charge in [0.1, 0.15) is 5.60 Å². The van der Waals surface area contributed by atoms with E-state index in [0.717, 1.165) is 23.2 Å². The van der Waals surface area contributed by atoms with Crippen LogP contribution < -0.4 is 5.48 Å². The van der Waals surface area contributed by atoms with E-state index in [-0.39, 0.29) is 30.0 Å². The van der Waals surface area contributed by atoms with Crippen LogP contribution in [0.1, 0.15) is 36.2 Å². The number of amides is 1. The molecule has 1 amide bonds. The molecule has 3 heterocycles. The van der Waals surface area contributed by atoms with E-state index in [4.69, 9.17) is 4.84 Å². The van der Waals surface area contributed by atoms with Crippen molar-refractivity contribution in [1.82, 2.24) is 15.4 Å². The summed E-state index contributed by atoms with van der Waals surface area (Å²) in [5, 5.41) is 9.77. The Morgan fingerprint density at radius 1 is 1.11 bits per heavy atom. The van der Waals surface area contributed by atoms with E-state index in [2.05, 4.69) is 10.5 Å². The van der Waals surface area contributed by atoms with Gasteiger partial charge in [-0.3, -0.25) is 20.1 Å². The van der Waals surface area contributed by atoms with Crippen LogP contribution in [0.3, 0.4) is 0 Å². The molecule has 13 heteroatoms. The van der Waals surface area contributed by atoms with Crippen LogP contribution in [0.25, 0.3) is 5.70 Å². The Balaban J connectivity index is 1.60. The van der Waals surface area contributed by atoms with Crippen LogP contribution in [0.4, 0.5) is 30.7 Å². The molecule has 2 N–H and O–H groups in total. The molecule has 0 radical (unpaired) electrons. The van der Waals surface area contributed by atoms with E-state index < -0.39 is 46.3 Å². The highest BCUT2D eigenvalue weighted by Gasteiger charge is 2.60. The van der Waals surface area contributed by atoms with Gasteiger partial charge in [0.05, 0.1) is 30.0 Å². The van der Waals surface area contributed by atoms with Crippen molar-refractivity contribution in [3.8, 4) is 0 Å². The zero-order valence-electron chi connectivity index (χ0n) is 18.8. The van der Waals surface area contributed by atoms with Crippen molar-refractivity contribution in [1.29, 1.82) is 0 Å². The Hall–Kier alpha value is -3.19. The van der Waals surface area contributed by atoms with E-state index in [1.807, 2.05) is 0 Å². The molecule has 1 fully saturated rings. The van der Waals surface area contributed by atoms with Crippen molar-refractivity contribution in [2.45, 2.75) is 43.1 Å². The van der Waals surface area contributed by atoms with Crippen molar-refractivity contribution < 1.29 is 45.5 Å². The Bertz CT molecular complexity index is 1200. The highest BCUT2D eigenvalue weighted by Crippen LogP contribution is 2.48. The summed E-state index contributed by atoms with van der Waals surface area (Å²) in [5.41, 5.74) is -7.11. The number of hydrogen-bond donors (Lipinski definition) is 2. The fraction of sp³-hybridized carbons (Fsp3) is 0.391. The summed E-state index contributed by atoms with van der Waals surface area (Å²) in [6, 6.07) is 5.22. The molecule has 1 aromatic heterocycles. The summed E-state index contributed by atoms with van der Waals surface area (Å²) >= 11 is 0. The molecule has 0 bridgehead atoms. The molecule has 36 heavy (non-hydrogen) atoms. The van der Waals surface area contributed by atoms with Gasteiger partial charge in [-0.2, -0.15) is 26.3 Å². The average Bonchev–Trinajstić information content (AvgIpc) is 3.22. The molecule has 1 atom stereocenters. The number of alkyl halides is 7. The van der Waals surface area contributed by atoms with Gasteiger partial charge in [0.25, 0.3) is 5.91 Å². The average molecular weight is 519 g/mol. The van der Waals surface area contributed by atoms with Crippen molar-refractivity contribution >= 4 is 11.6 Å². The van der Waals surface area contributed by atoms with Crippen molar-refractivity contribution in [3.05, 3.63) is 71.1 Å². The monoisotopic (exact) mass is 519 g/mol. The van der Waals surface area contributed by atoms with Crippen LogP contribution in [0.5, 0.6) is 0 Å². The van der Waals surface area contributed by atoms with Crippen molar-refractivity contribution in [2.75, 3.05) is 13.1 Å². The summed E-state index contributed by atoms with van der Waals surface area (Å²) in [6.07, 6.45) is -8.32. The van der Waals surface area contributed by atoms with Crippen molar-refractivity contribution in [3.63, 3.8) is 0 Å². The van der Waals surface area contributed by atoms with Crippen LogP contribution in [0, 0.1) is 0 Å². The zero-order chi connectivity index (χ0) is 26.7. The maximum absolute atomic E-state index is 15.1. The molecule has 0 aliphatic carbocycles. The Morgan fingerprint density at radius 3 is 2.31 bits per heavy atom. The Labute approximate surface area is 200 Å². The first-order valence-electron chi connectivity index (χ1n) is 10.6. The molecule has 1 saturated heterocycles.